The van der Waals surface area contributed by atoms with Gasteiger partial charge in [-0.1, -0.05) is 0 Å². The Morgan fingerprint density at radius 1 is 1.22 bits per heavy atom. The lowest BCUT2D eigenvalue weighted by Gasteiger charge is -2.29. The molecular weight excluding hydrogens is 296 g/mol. The summed E-state index contributed by atoms with van der Waals surface area (Å²) in [5.41, 5.74) is 2.06. The van der Waals surface area contributed by atoms with Gasteiger partial charge in [-0.15, -0.1) is 0 Å². The van der Waals surface area contributed by atoms with Gasteiger partial charge in [-0.2, -0.15) is 0 Å². The zero-order chi connectivity index (χ0) is 16.2. The standard InChI is InChI=1S/C17H22N2O4/c1-22-12-16-10-19(17(11-20)23-16)14-4-2-13(3-5-14)18-8-6-15(21)7-9-18/h2-5,11,16-17H,6-10,12H2,1H3. The van der Waals surface area contributed by atoms with E-state index in [9.17, 15) is 9.59 Å². The molecule has 6 nitrogen and oxygen atoms in total. The van der Waals surface area contributed by atoms with Crippen LogP contribution in [-0.2, 0) is 19.1 Å². The summed E-state index contributed by atoms with van der Waals surface area (Å²) in [5.74, 6) is 0.338. The number of anilines is 2. The first kappa shape index (κ1) is 16.0. The first-order valence-electron chi connectivity index (χ1n) is 7.94. The highest BCUT2D eigenvalue weighted by Gasteiger charge is 2.32. The molecule has 0 aromatic heterocycles. The van der Waals surface area contributed by atoms with Crippen molar-refractivity contribution in [1.29, 1.82) is 0 Å². The van der Waals surface area contributed by atoms with Gasteiger partial charge in [-0.25, -0.2) is 0 Å². The molecule has 1 aromatic carbocycles. The SMILES string of the molecule is COCC1CN(c2ccc(N3CCC(=O)CC3)cc2)C(C=O)O1. The second kappa shape index (κ2) is 7.10. The molecule has 0 N–H and O–H groups in total. The minimum Gasteiger partial charge on any atom is -0.382 e. The summed E-state index contributed by atoms with van der Waals surface area (Å²) in [4.78, 5) is 26.7. The number of rotatable bonds is 5. The largest absolute Gasteiger partial charge is 0.382 e. The quantitative estimate of drug-likeness (QED) is 0.761. The van der Waals surface area contributed by atoms with Gasteiger partial charge in [0.2, 0.25) is 0 Å². The molecular formula is C17H22N2O4. The molecule has 0 aliphatic carbocycles. The normalized spacial score (nSPS) is 25.0. The summed E-state index contributed by atoms with van der Waals surface area (Å²) < 4.78 is 10.8. The molecule has 3 rings (SSSR count). The molecule has 1 aromatic rings. The van der Waals surface area contributed by atoms with Crippen LogP contribution >= 0.6 is 0 Å². The third kappa shape index (κ3) is 3.54. The number of Topliss-reactive ketones (excluding diaryl/α,β-unsaturated/α-hetero) is 1. The van der Waals surface area contributed by atoms with Crippen LogP contribution in [0.25, 0.3) is 0 Å². The lowest BCUT2D eigenvalue weighted by Crippen LogP contribution is -2.34. The summed E-state index contributed by atoms with van der Waals surface area (Å²) >= 11 is 0. The molecule has 2 saturated heterocycles. The lowest BCUT2D eigenvalue weighted by molar-refractivity contribution is -0.119. The fourth-order valence-electron chi connectivity index (χ4n) is 3.14. The van der Waals surface area contributed by atoms with Crippen LogP contribution in [0.15, 0.2) is 24.3 Å². The minimum atomic E-state index is -0.561. The Kier molecular flexibility index (Phi) is 4.93. The number of ether oxygens (including phenoxy) is 2. The van der Waals surface area contributed by atoms with Crippen LogP contribution in [0.2, 0.25) is 0 Å². The van der Waals surface area contributed by atoms with Crippen molar-refractivity contribution in [3.63, 3.8) is 0 Å². The second-order valence-corrected chi connectivity index (χ2v) is 5.93. The summed E-state index contributed by atoms with van der Waals surface area (Å²) in [6.45, 7) is 2.66. The summed E-state index contributed by atoms with van der Waals surface area (Å²) in [6, 6.07) is 8.08. The minimum absolute atomic E-state index is 0.0945. The van der Waals surface area contributed by atoms with E-state index in [1.165, 1.54) is 0 Å². The number of hydrogen-bond donors (Lipinski definition) is 0. The summed E-state index contributed by atoms with van der Waals surface area (Å²) in [5, 5.41) is 0. The van der Waals surface area contributed by atoms with E-state index in [4.69, 9.17) is 9.47 Å². The van der Waals surface area contributed by atoms with Crippen molar-refractivity contribution in [1.82, 2.24) is 0 Å². The zero-order valence-electron chi connectivity index (χ0n) is 13.3. The maximum atomic E-state index is 11.3. The topological polar surface area (TPSA) is 59.1 Å². The van der Waals surface area contributed by atoms with E-state index in [0.717, 1.165) is 30.8 Å². The molecule has 2 fully saturated rings. The molecule has 0 amide bonds. The number of hydrogen-bond acceptors (Lipinski definition) is 6. The van der Waals surface area contributed by atoms with Crippen molar-refractivity contribution in [2.24, 2.45) is 0 Å². The number of carbonyl (C=O) groups is 2. The highest BCUT2D eigenvalue weighted by molar-refractivity contribution is 5.81. The molecule has 0 bridgehead atoms. The molecule has 2 atom stereocenters. The van der Waals surface area contributed by atoms with E-state index in [-0.39, 0.29) is 6.10 Å². The first-order valence-corrected chi connectivity index (χ1v) is 7.94. The maximum absolute atomic E-state index is 11.3. The second-order valence-electron chi connectivity index (χ2n) is 5.93. The predicted molar refractivity (Wildman–Crippen MR) is 86.8 cm³/mol. The van der Waals surface area contributed by atoms with E-state index in [2.05, 4.69) is 4.90 Å². The lowest BCUT2D eigenvalue weighted by atomic mass is 10.1. The highest BCUT2D eigenvalue weighted by Crippen LogP contribution is 2.27. The first-order chi connectivity index (χ1) is 11.2. The Balaban J connectivity index is 1.69. The third-order valence-corrected chi connectivity index (χ3v) is 4.38. The number of nitrogens with zero attached hydrogens (tertiary/aromatic N) is 2. The van der Waals surface area contributed by atoms with Crippen LogP contribution in [0.4, 0.5) is 11.4 Å². The van der Waals surface area contributed by atoms with Gasteiger partial charge in [0, 0.05) is 51.0 Å². The van der Waals surface area contributed by atoms with Crippen LogP contribution in [0.3, 0.4) is 0 Å². The van der Waals surface area contributed by atoms with Gasteiger partial charge < -0.3 is 19.3 Å². The smallest absolute Gasteiger partial charge is 0.187 e. The average Bonchev–Trinajstić information content (AvgIpc) is 2.99. The molecule has 0 spiro atoms. The Labute approximate surface area is 136 Å². The number of benzene rings is 1. The average molecular weight is 318 g/mol. The van der Waals surface area contributed by atoms with E-state index in [0.29, 0.717) is 31.8 Å². The van der Waals surface area contributed by atoms with Gasteiger partial charge in [0.15, 0.2) is 12.5 Å². The van der Waals surface area contributed by atoms with E-state index < -0.39 is 6.23 Å². The van der Waals surface area contributed by atoms with Crippen LogP contribution < -0.4 is 9.80 Å². The Morgan fingerprint density at radius 2 is 1.87 bits per heavy atom. The van der Waals surface area contributed by atoms with Gasteiger partial charge >= 0.3 is 0 Å². The highest BCUT2D eigenvalue weighted by atomic mass is 16.6. The van der Waals surface area contributed by atoms with Gasteiger partial charge in [-0.3, -0.25) is 9.59 Å². The number of ketones is 1. The van der Waals surface area contributed by atoms with Crippen molar-refractivity contribution < 1.29 is 19.1 Å². The predicted octanol–water partition coefficient (Wildman–Crippen LogP) is 1.23. The molecule has 0 saturated carbocycles. The van der Waals surface area contributed by atoms with Gasteiger partial charge in [0.25, 0.3) is 0 Å². The maximum Gasteiger partial charge on any atom is 0.187 e. The van der Waals surface area contributed by atoms with Crippen molar-refractivity contribution in [3.8, 4) is 0 Å². The Morgan fingerprint density at radius 3 is 2.48 bits per heavy atom. The van der Waals surface area contributed by atoms with Crippen LogP contribution in [0.5, 0.6) is 0 Å². The molecule has 2 aliphatic rings. The van der Waals surface area contributed by atoms with Gasteiger partial charge in [0.05, 0.1) is 6.61 Å². The molecule has 124 valence electrons. The van der Waals surface area contributed by atoms with Gasteiger partial charge in [0.1, 0.15) is 11.9 Å². The molecule has 0 radical (unpaired) electrons. The van der Waals surface area contributed by atoms with Crippen LogP contribution in [0, 0.1) is 0 Å². The summed E-state index contributed by atoms with van der Waals surface area (Å²) in [7, 11) is 1.63. The van der Waals surface area contributed by atoms with Crippen LogP contribution in [-0.4, -0.2) is 57.8 Å². The number of aldehydes is 1. The van der Waals surface area contributed by atoms with Crippen molar-refractivity contribution in [2.45, 2.75) is 25.2 Å². The molecule has 2 heterocycles. The Hall–Kier alpha value is -1.92. The number of piperidine rings is 1. The molecule has 2 aliphatic heterocycles. The summed E-state index contributed by atoms with van der Waals surface area (Å²) in [6.07, 6.45) is 1.40. The Bertz CT molecular complexity index is 550. The fraction of sp³-hybridized carbons (Fsp3) is 0.529. The third-order valence-electron chi connectivity index (χ3n) is 4.38. The number of methoxy groups -OCH3 is 1. The zero-order valence-corrected chi connectivity index (χ0v) is 13.3. The van der Waals surface area contributed by atoms with Crippen LogP contribution in [0.1, 0.15) is 12.8 Å². The monoisotopic (exact) mass is 318 g/mol. The molecule has 6 heteroatoms. The molecule has 2 unspecified atom stereocenters. The van der Waals surface area contributed by atoms with Crippen molar-refractivity contribution in [2.75, 3.05) is 43.2 Å². The number of carbonyl (C=O) groups excluding carboxylic acids is 2. The van der Waals surface area contributed by atoms with Gasteiger partial charge in [-0.05, 0) is 24.3 Å². The van der Waals surface area contributed by atoms with Crippen molar-refractivity contribution >= 4 is 23.4 Å². The van der Waals surface area contributed by atoms with E-state index in [1.807, 2.05) is 29.2 Å². The van der Waals surface area contributed by atoms with Crippen molar-refractivity contribution in [3.05, 3.63) is 24.3 Å². The van der Waals surface area contributed by atoms with E-state index >= 15 is 0 Å². The van der Waals surface area contributed by atoms with E-state index in [1.54, 1.807) is 7.11 Å². The molecule has 23 heavy (non-hydrogen) atoms. The fourth-order valence-corrected chi connectivity index (χ4v) is 3.14.